The van der Waals surface area contributed by atoms with E-state index >= 15 is 0 Å². The second kappa shape index (κ2) is 10.8. The van der Waals surface area contributed by atoms with Crippen molar-refractivity contribution in [1.82, 2.24) is 19.9 Å². The van der Waals surface area contributed by atoms with Gasteiger partial charge in [0.05, 0.1) is 37.1 Å². The molecule has 5 rings (SSSR count). The molecule has 0 radical (unpaired) electrons. The number of morpholine rings is 1. The number of benzene rings is 3. The molecule has 188 valence electrons. The number of nitrogens with zero attached hydrogens (tertiary/aromatic N) is 5. The summed E-state index contributed by atoms with van der Waals surface area (Å²) in [6.45, 7) is 6.63. The van der Waals surface area contributed by atoms with E-state index in [1.807, 2.05) is 23.7 Å². The molecule has 0 unspecified atom stereocenters. The van der Waals surface area contributed by atoms with Crippen molar-refractivity contribution in [3.63, 3.8) is 0 Å². The van der Waals surface area contributed by atoms with Crippen LogP contribution in [-0.2, 0) is 24.2 Å². The minimum Gasteiger partial charge on any atom is -0.508 e. The fourth-order valence-corrected chi connectivity index (χ4v) is 4.63. The first-order valence-electron chi connectivity index (χ1n) is 12.4. The number of nitriles is 1. The van der Waals surface area contributed by atoms with Crippen molar-refractivity contribution in [3.05, 3.63) is 82.9 Å². The fraction of sp³-hybridized carbons (Fsp3) is 0.276. The monoisotopic (exact) mass is 495 g/mol. The number of phenols is 2. The highest BCUT2D eigenvalue weighted by atomic mass is 16.5. The molecule has 0 bridgehead atoms. The maximum atomic E-state index is 10.7. The van der Waals surface area contributed by atoms with Gasteiger partial charge in [0, 0.05) is 36.8 Å². The molecule has 1 fully saturated rings. The first kappa shape index (κ1) is 24.5. The van der Waals surface area contributed by atoms with Crippen LogP contribution in [0.15, 0.2) is 60.7 Å². The van der Waals surface area contributed by atoms with Crippen molar-refractivity contribution in [2.24, 2.45) is 0 Å². The molecule has 8 nitrogen and oxygen atoms in total. The maximum Gasteiger partial charge on any atom is 0.128 e. The Balaban J connectivity index is 1.54. The lowest BCUT2D eigenvalue weighted by Gasteiger charge is -2.26. The van der Waals surface area contributed by atoms with E-state index in [9.17, 15) is 10.2 Å². The van der Waals surface area contributed by atoms with Crippen molar-refractivity contribution in [3.8, 4) is 40.1 Å². The van der Waals surface area contributed by atoms with Crippen LogP contribution in [0.3, 0.4) is 0 Å². The molecule has 0 saturated carbocycles. The summed E-state index contributed by atoms with van der Waals surface area (Å²) in [7, 11) is 0. The van der Waals surface area contributed by atoms with Gasteiger partial charge in [-0.3, -0.25) is 4.90 Å². The zero-order chi connectivity index (χ0) is 25.8. The summed E-state index contributed by atoms with van der Waals surface area (Å²) < 4.78 is 7.27. The molecule has 1 aliphatic rings. The molecule has 0 spiro atoms. The Morgan fingerprint density at radius 3 is 2.27 bits per heavy atom. The van der Waals surface area contributed by atoms with Crippen LogP contribution in [0.2, 0.25) is 0 Å². The second-order valence-corrected chi connectivity index (χ2v) is 9.19. The number of rotatable bonds is 7. The van der Waals surface area contributed by atoms with Crippen LogP contribution in [0.25, 0.3) is 22.5 Å². The first-order valence-corrected chi connectivity index (χ1v) is 12.4. The van der Waals surface area contributed by atoms with Gasteiger partial charge in [-0.05, 0) is 41.3 Å². The van der Waals surface area contributed by atoms with Gasteiger partial charge in [0.15, 0.2) is 0 Å². The van der Waals surface area contributed by atoms with E-state index in [1.165, 1.54) is 11.6 Å². The quantitative estimate of drug-likeness (QED) is 0.393. The highest BCUT2D eigenvalue weighted by Crippen LogP contribution is 2.39. The molecule has 37 heavy (non-hydrogen) atoms. The van der Waals surface area contributed by atoms with Crippen LogP contribution in [0.5, 0.6) is 11.5 Å². The summed E-state index contributed by atoms with van der Waals surface area (Å²) in [5.74, 6) is 0.00745. The highest BCUT2D eigenvalue weighted by Gasteiger charge is 2.21. The molecule has 0 amide bonds. The summed E-state index contributed by atoms with van der Waals surface area (Å²) in [4.78, 5) is 2.38. The zero-order valence-electron chi connectivity index (χ0n) is 20.8. The van der Waals surface area contributed by atoms with E-state index in [2.05, 4.69) is 45.5 Å². The third-order valence-corrected chi connectivity index (χ3v) is 6.72. The highest BCUT2D eigenvalue weighted by molar-refractivity contribution is 5.82. The first-order chi connectivity index (χ1) is 18.1. The molecule has 2 N–H and O–H groups in total. The predicted octanol–water partition coefficient (Wildman–Crippen LogP) is 4.34. The minimum atomic E-state index is -0.0506. The Hall–Kier alpha value is -4.19. The van der Waals surface area contributed by atoms with Gasteiger partial charge in [-0.2, -0.15) is 5.26 Å². The number of hydrogen-bond acceptors (Lipinski definition) is 7. The van der Waals surface area contributed by atoms with Crippen LogP contribution >= 0.6 is 0 Å². The molecule has 1 aliphatic heterocycles. The SMILES string of the molecule is CCc1cc(-c2nnn(Cc3ccc(C#N)cc3)c2-c2ccc(CN3CCOCC3)cc2)c(O)cc1O. The third-order valence-electron chi connectivity index (χ3n) is 6.72. The lowest BCUT2D eigenvalue weighted by molar-refractivity contribution is 0.0342. The zero-order valence-corrected chi connectivity index (χ0v) is 20.8. The van der Waals surface area contributed by atoms with Crippen LogP contribution in [0, 0.1) is 11.3 Å². The Labute approximate surface area is 216 Å². The Bertz CT molecular complexity index is 1420. The molecule has 0 atom stereocenters. The summed E-state index contributed by atoms with van der Waals surface area (Å²) in [6.07, 6.45) is 0.615. The fourth-order valence-electron chi connectivity index (χ4n) is 4.63. The molecule has 1 aromatic heterocycles. The van der Waals surface area contributed by atoms with E-state index < -0.39 is 0 Å². The van der Waals surface area contributed by atoms with Crippen molar-refractivity contribution in [2.45, 2.75) is 26.4 Å². The normalized spacial score (nSPS) is 13.9. The van der Waals surface area contributed by atoms with E-state index in [0.29, 0.717) is 29.8 Å². The number of aromatic nitrogens is 3. The average Bonchev–Trinajstić information content (AvgIpc) is 3.33. The smallest absolute Gasteiger partial charge is 0.128 e. The van der Waals surface area contributed by atoms with E-state index in [-0.39, 0.29) is 11.5 Å². The van der Waals surface area contributed by atoms with Gasteiger partial charge in [-0.15, -0.1) is 5.10 Å². The van der Waals surface area contributed by atoms with Gasteiger partial charge in [0.1, 0.15) is 17.2 Å². The van der Waals surface area contributed by atoms with E-state index in [4.69, 9.17) is 10.00 Å². The second-order valence-electron chi connectivity index (χ2n) is 9.19. The Kier molecular flexibility index (Phi) is 7.17. The molecule has 4 aromatic rings. The average molecular weight is 496 g/mol. The maximum absolute atomic E-state index is 10.7. The summed E-state index contributed by atoms with van der Waals surface area (Å²) >= 11 is 0. The predicted molar refractivity (Wildman–Crippen MR) is 140 cm³/mol. The van der Waals surface area contributed by atoms with E-state index in [0.717, 1.165) is 55.2 Å². The number of aromatic hydroxyl groups is 2. The van der Waals surface area contributed by atoms with Gasteiger partial charge in [0.25, 0.3) is 0 Å². The van der Waals surface area contributed by atoms with Crippen molar-refractivity contribution in [1.29, 1.82) is 5.26 Å². The van der Waals surface area contributed by atoms with Gasteiger partial charge in [-0.1, -0.05) is 48.5 Å². The molecule has 0 aliphatic carbocycles. The van der Waals surface area contributed by atoms with Gasteiger partial charge >= 0.3 is 0 Å². The Morgan fingerprint density at radius 1 is 0.919 bits per heavy atom. The number of ether oxygens (including phenoxy) is 1. The third kappa shape index (κ3) is 5.33. The van der Waals surface area contributed by atoms with Crippen LogP contribution in [-0.4, -0.2) is 56.4 Å². The van der Waals surface area contributed by atoms with Crippen LogP contribution < -0.4 is 0 Å². The largest absolute Gasteiger partial charge is 0.508 e. The number of phenolic OH excluding ortho intramolecular Hbond substituents is 2. The lowest BCUT2D eigenvalue weighted by Crippen LogP contribution is -2.35. The van der Waals surface area contributed by atoms with Crippen LogP contribution in [0.1, 0.15) is 29.2 Å². The number of aryl methyl sites for hydroxylation is 1. The van der Waals surface area contributed by atoms with Gasteiger partial charge in [0.2, 0.25) is 0 Å². The van der Waals surface area contributed by atoms with Crippen molar-refractivity contribution in [2.75, 3.05) is 26.3 Å². The molecule has 8 heteroatoms. The lowest BCUT2D eigenvalue weighted by atomic mass is 9.99. The van der Waals surface area contributed by atoms with Gasteiger partial charge in [-0.25, -0.2) is 4.68 Å². The molecular formula is C29H29N5O3. The van der Waals surface area contributed by atoms with E-state index in [1.54, 1.807) is 18.2 Å². The number of hydrogen-bond donors (Lipinski definition) is 2. The van der Waals surface area contributed by atoms with Crippen LogP contribution in [0.4, 0.5) is 0 Å². The van der Waals surface area contributed by atoms with Crippen molar-refractivity contribution >= 4 is 0 Å². The standard InChI is InChI=1S/C29H29N5O3/c1-2-23-15-25(27(36)16-26(23)35)28-29(34(32-31-28)19-22-5-3-20(17-30)4-6-22)24-9-7-21(8-10-24)18-33-11-13-37-14-12-33/h3-10,15-16,35-36H,2,11-14,18-19H2,1H3. The topological polar surface area (TPSA) is 107 Å². The van der Waals surface area contributed by atoms with Crippen molar-refractivity contribution < 1.29 is 14.9 Å². The van der Waals surface area contributed by atoms with Gasteiger partial charge < -0.3 is 14.9 Å². The molecule has 2 heterocycles. The molecule has 1 saturated heterocycles. The molecule has 3 aromatic carbocycles. The minimum absolute atomic E-state index is 0.0506. The Morgan fingerprint density at radius 2 is 1.59 bits per heavy atom. The molecular weight excluding hydrogens is 466 g/mol. The summed E-state index contributed by atoms with van der Waals surface area (Å²) in [5, 5.41) is 39.0. The summed E-state index contributed by atoms with van der Waals surface area (Å²) in [6, 6.07) is 21.0. The summed E-state index contributed by atoms with van der Waals surface area (Å²) in [5.41, 5.74) is 6.26.